The van der Waals surface area contributed by atoms with E-state index in [9.17, 15) is 0 Å². The molecule has 0 amide bonds. The molecule has 1 aliphatic carbocycles. The van der Waals surface area contributed by atoms with Gasteiger partial charge in [-0.1, -0.05) is 6.07 Å². The van der Waals surface area contributed by atoms with Crippen LogP contribution in [0.25, 0.3) is 0 Å². The van der Waals surface area contributed by atoms with Gasteiger partial charge in [0, 0.05) is 23.9 Å². The van der Waals surface area contributed by atoms with Crippen LogP contribution in [0.2, 0.25) is 0 Å². The molecule has 1 saturated carbocycles. The van der Waals surface area contributed by atoms with E-state index in [1.54, 1.807) is 11.3 Å². The van der Waals surface area contributed by atoms with Crippen LogP contribution in [0.3, 0.4) is 0 Å². The van der Waals surface area contributed by atoms with Crippen LogP contribution in [0.1, 0.15) is 30.6 Å². The van der Waals surface area contributed by atoms with Crippen molar-refractivity contribution in [2.75, 3.05) is 13.1 Å². The average molecular weight is 290 g/mol. The minimum Gasteiger partial charge on any atom is -0.370 e. The Morgan fingerprint density at radius 2 is 2.25 bits per heavy atom. The minimum absolute atomic E-state index is 0.261. The Hall–Kier alpha value is -1.54. The van der Waals surface area contributed by atoms with Crippen molar-refractivity contribution < 1.29 is 0 Å². The molecule has 0 saturated heterocycles. The van der Waals surface area contributed by atoms with Crippen molar-refractivity contribution in [3.8, 4) is 6.07 Å². The molecule has 108 valence electrons. The topological polar surface area (TPSA) is 74.2 Å². The average Bonchev–Trinajstić information content (AvgIpc) is 2.99. The quantitative estimate of drug-likeness (QED) is 0.646. The second kappa shape index (κ2) is 7.91. The van der Waals surface area contributed by atoms with E-state index >= 15 is 0 Å². The lowest BCUT2D eigenvalue weighted by Crippen LogP contribution is -2.33. The van der Waals surface area contributed by atoms with Crippen molar-refractivity contribution in [3.63, 3.8) is 0 Å². The number of nitriles is 1. The van der Waals surface area contributed by atoms with E-state index in [0.717, 1.165) is 45.2 Å². The van der Waals surface area contributed by atoms with Gasteiger partial charge < -0.3 is 11.1 Å². The van der Waals surface area contributed by atoms with Gasteiger partial charge in [-0.15, -0.1) is 11.3 Å². The summed E-state index contributed by atoms with van der Waals surface area (Å²) in [5.41, 5.74) is 5.87. The van der Waals surface area contributed by atoms with Gasteiger partial charge in [0.2, 0.25) is 0 Å². The number of hydrogen-bond acceptors (Lipinski definition) is 3. The molecule has 4 nitrogen and oxygen atoms in total. The smallest absolute Gasteiger partial charge is 0.188 e. The number of guanidine groups is 1. The summed E-state index contributed by atoms with van der Waals surface area (Å²) < 4.78 is 0. The fourth-order valence-electron chi connectivity index (χ4n) is 2.53. The van der Waals surface area contributed by atoms with Gasteiger partial charge in [0.05, 0.1) is 6.07 Å². The van der Waals surface area contributed by atoms with E-state index in [1.807, 2.05) is 0 Å². The van der Waals surface area contributed by atoms with Crippen molar-refractivity contribution in [2.24, 2.45) is 22.6 Å². The predicted molar refractivity (Wildman–Crippen MR) is 83.6 cm³/mol. The number of thiophene rings is 1. The van der Waals surface area contributed by atoms with E-state index in [2.05, 4.69) is 33.9 Å². The van der Waals surface area contributed by atoms with Crippen LogP contribution < -0.4 is 11.1 Å². The molecule has 0 spiro atoms. The van der Waals surface area contributed by atoms with Crippen LogP contribution in [0.4, 0.5) is 0 Å². The van der Waals surface area contributed by atoms with E-state index in [1.165, 1.54) is 4.88 Å². The Morgan fingerprint density at radius 3 is 2.90 bits per heavy atom. The zero-order valence-corrected chi connectivity index (χ0v) is 12.5. The van der Waals surface area contributed by atoms with E-state index < -0.39 is 0 Å². The Morgan fingerprint density at radius 1 is 1.45 bits per heavy atom. The maximum Gasteiger partial charge on any atom is 0.188 e. The van der Waals surface area contributed by atoms with Crippen molar-refractivity contribution in [1.29, 1.82) is 5.26 Å². The number of aliphatic imine (C=N–C) groups is 1. The molecule has 3 N–H and O–H groups in total. The Labute approximate surface area is 124 Å². The number of nitrogens with one attached hydrogen (secondary N) is 1. The van der Waals surface area contributed by atoms with Gasteiger partial charge in [-0.25, -0.2) is 0 Å². The summed E-state index contributed by atoms with van der Waals surface area (Å²) in [7, 11) is 0. The normalized spacial score (nSPS) is 23.2. The molecule has 20 heavy (non-hydrogen) atoms. The van der Waals surface area contributed by atoms with E-state index in [-0.39, 0.29) is 5.92 Å². The van der Waals surface area contributed by atoms with Gasteiger partial charge in [0.15, 0.2) is 5.96 Å². The molecule has 1 heterocycles. The maximum absolute atomic E-state index is 8.86. The van der Waals surface area contributed by atoms with E-state index in [0.29, 0.717) is 11.9 Å². The number of rotatable bonds is 5. The summed E-state index contributed by atoms with van der Waals surface area (Å²) in [5, 5.41) is 14.1. The lowest BCUT2D eigenvalue weighted by atomic mass is 9.83. The molecule has 1 aliphatic rings. The monoisotopic (exact) mass is 290 g/mol. The summed E-state index contributed by atoms with van der Waals surface area (Å²) in [4.78, 5) is 5.78. The molecule has 1 fully saturated rings. The summed E-state index contributed by atoms with van der Waals surface area (Å²) in [6, 6.07) is 6.56. The fourth-order valence-corrected chi connectivity index (χ4v) is 3.24. The fraction of sp³-hybridized carbons (Fsp3) is 0.600. The van der Waals surface area contributed by atoms with Gasteiger partial charge in [0.1, 0.15) is 0 Å². The highest BCUT2D eigenvalue weighted by atomic mass is 32.1. The van der Waals surface area contributed by atoms with Gasteiger partial charge in [0.25, 0.3) is 0 Å². The third kappa shape index (κ3) is 4.86. The lowest BCUT2D eigenvalue weighted by Gasteiger charge is -2.23. The molecular formula is C15H22N4S. The van der Waals surface area contributed by atoms with Crippen LogP contribution in [0.5, 0.6) is 0 Å². The van der Waals surface area contributed by atoms with Gasteiger partial charge in [-0.3, -0.25) is 4.99 Å². The standard InChI is InChI=1S/C15H22N4S/c16-10-12-3-5-13(6-4-12)11-19-15(17)18-8-7-14-2-1-9-20-14/h1-2,9,12-13H,3-8,11H2,(H3,17,18,19). The number of nitrogens with zero attached hydrogens (tertiary/aromatic N) is 2. The zero-order valence-electron chi connectivity index (χ0n) is 11.7. The van der Waals surface area contributed by atoms with E-state index in [4.69, 9.17) is 11.0 Å². The summed E-state index contributed by atoms with van der Waals surface area (Å²) in [6.07, 6.45) is 5.22. The number of nitrogens with two attached hydrogens (primary N) is 1. The first kappa shape index (κ1) is 14.9. The molecule has 0 radical (unpaired) electrons. The van der Waals surface area contributed by atoms with Crippen molar-refractivity contribution in [1.82, 2.24) is 5.32 Å². The molecule has 0 unspecified atom stereocenters. The highest BCUT2D eigenvalue weighted by Crippen LogP contribution is 2.28. The Balaban J connectivity index is 1.63. The highest BCUT2D eigenvalue weighted by Gasteiger charge is 2.20. The van der Waals surface area contributed by atoms with Crippen molar-refractivity contribution in [2.45, 2.75) is 32.1 Å². The lowest BCUT2D eigenvalue weighted by molar-refractivity contribution is 0.322. The maximum atomic E-state index is 8.86. The van der Waals surface area contributed by atoms with Crippen LogP contribution in [0, 0.1) is 23.2 Å². The molecule has 0 aromatic carbocycles. The molecule has 0 bridgehead atoms. The third-order valence-corrected chi connectivity index (χ3v) is 4.74. The largest absolute Gasteiger partial charge is 0.370 e. The molecule has 0 aliphatic heterocycles. The zero-order chi connectivity index (χ0) is 14.2. The second-order valence-electron chi connectivity index (χ2n) is 5.33. The van der Waals surface area contributed by atoms with Gasteiger partial charge in [-0.2, -0.15) is 5.26 Å². The number of hydrogen-bond donors (Lipinski definition) is 2. The molecule has 1 aromatic rings. The van der Waals surface area contributed by atoms with Gasteiger partial charge >= 0.3 is 0 Å². The molecule has 5 heteroatoms. The van der Waals surface area contributed by atoms with Crippen LogP contribution in [-0.4, -0.2) is 19.0 Å². The predicted octanol–water partition coefficient (Wildman–Crippen LogP) is 2.52. The highest BCUT2D eigenvalue weighted by molar-refractivity contribution is 7.09. The van der Waals surface area contributed by atoms with Crippen LogP contribution >= 0.6 is 11.3 Å². The first-order valence-electron chi connectivity index (χ1n) is 7.23. The molecule has 0 atom stereocenters. The van der Waals surface area contributed by atoms with Crippen molar-refractivity contribution in [3.05, 3.63) is 22.4 Å². The van der Waals surface area contributed by atoms with Crippen LogP contribution in [-0.2, 0) is 6.42 Å². The van der Waals surface area contributed by atoms with Gasteiger partial charge in [-0.05, 0) is 49.5 Å². The first-order chi connectivity index (χ1) is 9.78. The van der Waals surface area contributed by atoms with Crippen molar-refractivity contribution >= 4 is 17.3 Å². The molecular weight excluding hydrogens is 268 g/mol. The molecule has 1 aromatic heterocycles. The molecule has 2 rings (SSSR count). The summed E-state index contributed by atoms with van der Waals surface area (Å²) in [6.45, 7) is 1.62. The minimum atomic E-state index is 0.261. The Bertz CT molecular complexity index is 453. The second-order valence-corrected chi connectivity index (χ2v) is 6.36. The summed E-state index contributed by atoms with van der Waals surface area (Å²) in [5.74, 6) is 1.40. The Kier molecular flexibility index (Phi) is 5.87. The SMILES string of the molecule is N#CC1CCC(CN=C(N)NCCc2cccs2)CC1. The first-order valence-corrected chi connectivity index (χ1v) is 8.11. The summed E-state index contributed by atoms with van der Waals surface area (Å²) >= 11 is 1.77. The van der Waals surface area contributed by atoms with Crippen LogP contribution in [0.15, 0.2) is 22.5 Å². The third-order valence-electron chi connectivity index (χ3n) is 3.81.